The van der Waals surface area contributed by atoms with Gasteiger partial charge in [0.2, 0.25) is 0 Å². The summed E-state index contributed by atoms with van der Waals surface area (Å²) in [4.78, 5) is 0. The Kier molecular flexibility index (Phi) is 6.65. The van der Waals surface area contributed by atoms with E-state index in [4.69, 9.17) is 0 Å². The molecule has 1 aromatic rings. The zero-order valence-corrected chi connectivity index (χ0v) is 12.8. The molecular weight excluding hydrogens is 276 g/mol. The molecule has 0 fully saturated rings. The molecule has 0 atom stereocenters. The number of hydrogen-bond acceptors (Lipinski definition) is 4. The third kappa shape index (κ3) is 5.23. The molecule has 0 aromatic heterocycles. The average Bonchev–Trinajstić information content (AvgIpc) is 2.47. The minimum Gasteiger partial charge on any atom is -0.396 e. The fourth-order valence-corrected chi connectivity index (χ4v) is 3.12. The second-order valence-electron chi connectivity index (χ2n) is 5.32. The van der Waals surface area contributed by atoms with Crippen LogP contribution in [0.2, 0.25) is 0 Å². The van der Waals surface area contributed by atoms with Crippen molar-refractivity contribution in [3.8, 4) is 0 Å². The van der Waals surface area contributed by atoms with E-state index in [1.165, 1.54) is 0 Å². The molecule has 1 aromatic carbocycles. The van der Waals surface area contributed by atoms with E-state index in [1.54, 1.807) is 6.92 Å². The predicted octanol–water partition coefficient (Wildman–Crippen LogP) is 1.41. The number of aliphatic hydroxyl groups excluding tert-OH is 2. The second kappa shape index (κ2) is 7.76. The maximum absolute atomic E-state index is 11.5. The number of sulfone groups is 1. The van der Waals surface area contributed by atoms with E-state index < -0.39 is 15.3 Å². The Morgan fingerprint density at radius 2 is 1.70 bits per heavy atom. The van der Waals surface area contributed by atoms with E-state index in [2.05, 4.69) is 0 Å². The smallest absolute Gasteiger partial charge is 0.150 e. The van der Waals surface area contributed by atoms with Crippen LogP contribution in [0.25, 0.3) is 0 Å². The van der Waals surface area contributed by atoms with Crippen LogP contribution >= 0.6 is 0 Å². The topological polar surface area (TPSA) is 74.6 Å². The van der Waals surface area contributed by atoms with Crippen molar-refractivity contribution in [2.24, 2.45) is 5.41 Å². The molecule has 0 radical (unpaired) electrons. The van der Waals surface area contributed by atoms with Crippen molar-refractivity contribution in [3.05, 3.63) is 35.9 Å². The molecule has 0 heterocycles. The molecule has 1 rings (SSSR count). The van der Waals surface area contributed by atoms with Gasteiger partial charge in [-0.3, -0.25) is 0 Å². The van der Waals surface area contributed by atoms with E-state index in [1.807, 2.05) is 30.3 Å². The van der Waals surface area contributed by atoms with E-state index in [0.717, 1.165) is 5.56 Å². The van der Waals surface area contributed by atoms with Gasteiger partial charge in [-0.25, -0.2) is 8.42 Å². The van der Waals surface area contributed by atoms with Crippen LogP contribution in [0.15, 0.2) is 30.3 Å². The van der Waals surface area contributed by atoms with Crippen molar-refractivity contribution in [2.45, 2.75) is 26.2 Å². The Morgan fingerprint density at radius 3 is 2.20 bits per heavy atom. The molecule has 0 aliphatic rings. The van der Waals surface area contributed by atoms with Crippen LogP contribution in [0.1, 0.15) is 25.3 Å². The largest absolute Gasteiger partial charge is 0.396 e. The van der Waals surface area contributed by atoms with Gasteiger partial charge in [0.05, 0.1) is 19.0 Å². The third-order valence-corrected chi connectivity index (χ3v) is 5.49. The summed E-state index contributed by atoms with van der Waals surface area (Å²) in [5.41, 5.74) is 0.388. The Balaban J connectivity index is 2.67. The first kappa shape index (κ1) is 17.1. The Bertz CT molecular complexity index is 478. The summed E-state index contributed by atoms with van der Waals surface area (Å²) in [6.45, 7) is 1.33. The Labute approximate surface area is 121 Å². The average molecular weight is 300 g/mol. The van der Waals surface area contributed by atoms with Gasteiger partial charge in [-0.15, -0.1) is 0 Å². The van der Waals surface area contributed by atoms with Gasteiger partial charge in [-0.2, -0.15) is 0 Å². The highest BCUT2D eigenvalue weighted by Crippen LogP contribution is 2.28. The Morgan fingerprint density at radius 1 is 1.10 bits per heavy atom. The summed E-state index contributed by atoms with van der Waals surface area (Å²) in [5, 5.41) is 19.2. The fraction of sp³-hybridized carbons (Fsp3) is 0.600. The molecule has 2 N–H and O–H groups in total. The quantitative estimate of drug-likeness (QED) is 0.723. The summed E-state index contributed by atoms with van der Waals surface area (Å²) >= 11 is 0. The van der Waals surface area contributed by atoms with Gasteiger partial charge in [0.25, 0.3) is 0 Å². The van der Waals surface area contributed by atoms with Crippen molar-refractivity contribution < 1.29 is 18.6 Å². The molecule has 5 heteroatoms. The molecule has 114 valence electrons. The summed E-state index contributed by atoms with van der Waals surface area (Å²) in [6, 6.07) is 9.63. The fourth-order valence-electron chi connectivity index (χ4n) is 2.25. The van der Waals surface area contributed by atoms with Crippen LogP contribution in [0.4, 0.5) is 0 Å². The number of hydrogen-bond donors (Lipinski definition) is 2. The minimum absolute atomic E-state index is 0.111. The molecule has 0 saturated heterocycles. The van der Waals surface area contributed by atoms with Crippen LogP contribution in [0.5, 0.6) is 0 Å². The first-order chi connectivity index (χ1) is 9.47. The van der Waals surface area contributed by atoms with Crippen molar-refractivity contribution in [1.82, 2.24) is 0 Å². The molecule has 0 aliphatic carbocycles. The summed E-state index contributed by atoms with van der Waals surface area (Å²) < 4.78 is 23.0. The predicted molar refractivity (Wildman–Crippen MR) is 80.3 cm³/mol. The minimum atomic E-state index is -2.99. The van der Waals surface area contributed by atoms with E-state index >= 15 is 0 Å². The zero-order valence-electron chi connectivity index (χ0n) is 12.0. The molecule has 0 saturated carbocycles. The monoisotopic (exact) mass is 300 g/mol. The molecule has 20 heavy (non-hydrogen) atoms. The molecule has 0 aliphatic heterocycles. The van der Waals surface area contributed by atoms with Crippen LogP contribution in [-0.4, -0.2) is 43.4 Å². The highest BCUT2D eigenvalue weighted by atomic mass is 32.2. The number of aliphatic hydroxyl groups is 2. The lowest BCUT2D eigenvalue weighted by Crippen LogP contribution is -2.33. The van der Waals surface area contributed by atoms with Crippen molar-refractivity contribution in [2.75, 3.05) is 24.7 Å². The van der Waals surface area contributed by atoms with Gasteiger partial charge in [0.1, 0.15) is 9.84 Å². The SMILES string of the molecule is CCS(=O)(=O)CCCC(CO)(CO)Cc1ccccc1. The normalized spacial score (nSPS) is 12.6. The highest BCUT2D eigenvalue weighted by Gasteiger charge is 2.29. The molecule has 0 spiro atoms. The third-order valence-electron chi connectivity index (χ3n) is 3.70. The van der Waals surface area contributed by atoms with Gasteiger partial charge < -0.3 is 10.2 Å². The van der Waals surface area contributed by atoms with Crippen molar-refractivity contribution in [1.29, 1.82) is 0 Å². The summed E-state index contributed by atoms with van der Waals surface area (Å²) in [7, 11) is -2.99. The first-order valence-corrected chi connectivity index (χ1v) is 8.75. The van der Waals surface area contributed by atoms with Crippen molar-refractivity contribution >= 4 is 9.84 Å². The molecule has 0 bridgehead atoms. The number of rotatable bonds is 9. The van der Waals surface area contributed by atoms with E-state index in [9.17, 15) is 18.6 Å². The highest BCUT2D eigenvalue weighted by molar-refractivity contribution is 7.91. The molecule has 4 nitrogen and oxygen atoms in total. The lowest BCUT2D eigenvalue weighted by atomic mass is 9.79. The van der Waals surface area contributed by atoms with Crippen LogP contribution in [-0.2, 0) is 16.3 Å². The van der Waals surface area contributed by atoms with Gasteiger partial charge in [0.15, 0.2) is 0 Å². The molecular formula is C15H24O4S. The van der Waals surface area contributed by atoms with E-state index in [0.29, 0.717) is 19.3 Å². The van der Waals surface area contributed by atoms with Crippen LogP contribution in [0.3, 0.4) is 0 Å². The summed E-state index contributed by atoms with van der Waals surface area (Å²) in [5.74, 6) is 0.247. The maximum Gasteiger partial charge on any atom is 0.150 e. The van der Waals surface area contributed by atoms with Gasteiger partial charge >= 0.3 is 0 Å². The Hall–Kier alpha value is -0.910. The molecule has 0 unspecified atom stereocenters. The van der Waals surface area contributed by atoms with Gasteiger partial charge in [-0.1, -0.05) is 37.3 Å². The lowest BCUT2D eigenvalue weighted by molar-refractivity contribution is 0.0468. The lowest BCUT2D eigenvalue weighted by Gasteiger charge is -2.30. The van der Waals surface area contributed by atoms with E-state index in [-0.39, 0.29) is 24.7 Å². The standard InChI is InChI=1S/C15H24O4S/c1-2-20(18,19)10-6-9-15(12-16,13-17)11-14-7-4-3-5-8-14/h3-5,7-8,16-17H,2,6,9-13H2,1H3. The second-order valence-corrected chi connectivity index (χ2v) is 7.79. The van der Waals surface area contributed by atoms with Gasteiger partial charge in [-0.05, 0) is 24.8 Å². The van der Waals surface area contributed by atoms with Crippen molar-refractivity contribution in [3.63, 3.8) is 0 Å². The maximum atomic E-state index is 11.5. The molecule has 0 amide bonds. The first-order valence-electron chi connectivity index (χ1n) is 6.93. The van der Waals surface area contributed by atoms with Crippen LogP contribution < -0.4 is 0 Å². The summed E-state index contributed by atoms with van der Waals surface area (Å²) in [6.07, 6.45) is 1.51. The zero-order chi connectivity index (χ0) is 15.1. The van der Waals surface area contributed by atoms with Gasteiger partial charge in [0, 0.05) is 11.2 Å². The van der Waals surface area contributed by atoms with Crippen LogP contribution in [0, 0.1) is 5.41 Å². The number of benzene rings is 1.